The average molecular weight is 333 g/mol. The summed E-state index contributed by atoms with van der Waals surface area (Å²) in [6.07, 6.45) is 2.85. The quantitative estimate of drug-likeness (QED) is 0.840. The third kappa shape index (κ3) is 3.55. The van der Waals surface area contributed by atoms with Gasteiger partial charge in [0.1, 0.15) is 6.04 Å². The summed E-state index contributed by atoms with van der Waals surface area (Å²) in [5.41, 5.74) is 7.01. The fraction of sp³-hybridized carbons (Fsp3) is 0.308. The van der Waals surface area contributed by atoms with Crippen LogP contribution in [0, 0.1) is 0 Å². The molecule has 8 heteroatoms. The molecule has 1 heterocycles. The van der Waals surface area contributed by atoms with E-state index < -0.39 is 22.0 Å². The van der Waals surface area contributed by atoms with Crippen molar-refractivity contribution in [2.45, 2.75) is 12.5 Å². The molecule has 1 atom stereocenters. The Morgan fingerprint density at radius 2 is 2.00 bits per heavy atom. The van der Waals surface area contributed by atoms with Gasteiger partial charge in [-0.3, -0.25) is 4.79 Å². The second-order valence-corrected chi connectivity index (χ2v) is 6.42. The third-order valence-electron chi connectivity index (χ3n) is 3.06. The lowest BCUT2D eigenvalue weighted by atomic mass is 10.1. The minimum absolute atomic E-state index is 0. The van der Waals surface area contributed by atoms with Crippen LogP contribution in [0.3, 0.4) is 0 Å². The van der Waals surface area contributed by atoms with Crippen LogP contribution in [-0.2, 0) is 26.0 Å². The van der Waals surface area contributed by atoms with Crippen molar-refractivity contribution in [1.82, 2.24) is 3.97 Å². The molecule has 0 aliphatic heterocycles. The Hall–Kier alpha value is -1.57. The van der Waals surface area contributed by atoms with Gasteiger partial charge >= 0.3 is 5.97 Å². The number of rotatable bonds is 4. The maximum atomic E-state index is 11.8. The molecule has 0 bridgehead atoms. The number of benzene rings is 1. The number of methoxy groups -OCH3 is 1. The lowest BCUT2D eigenvalue weighted by molar-refractivity contribution is -0.142. The van der Waals surface area contributed by atoms with Crippen LogP contribution in [0.4, 0.5) is 0 Å². The Morgan fingerprint density at radius 3 is 2.57 bits per heavy atom. The summed E-state index contributed by atoms with van der Waals surface area (Å²) in [7, 11) is -2.14. The van der Waals surface area contributed by atoms with Crippen molar-refractivity contribution in [3.63, 3.8) is 0 Å². The van der Waals surface area contributed by atoms with Gasteiger partial charge in [0.05, 0.1) is 18.9 Å². The van der Waals surface area contributed by atoms with Crippen LogP contribution < -0.4 is 5.73 Å². The van der Waals surface area contributed by atoms with Crippen LogP contribution in [0.2, 0.25) is 0 Å². The van der Waals surface area contributed by atoms with E-state index in [0.29, 0.717) is 11.1 Å². The van der Waals surface area contributed by atoms with Gasteiger partial charge in [0, 0.05) is 18.0 Å². The van der Waals surface area contributed by atoms with Gasteiger partial charge in [-0.25, -0.2) is 12.4 Å². The highest BCUT2D eigenvalue weighted by Crippen LogP contribution is 2.23. The summed E-state index contributed by atoms with van der Waals surface area (Å²) >= 11 is 0. The van der Waals surface area contributed by atoms with Crippen LogP contribution >= 0.6 is 12.4 Å². The van der Waals surface area contributed by atoms with Crippen molar-refractivity contribution in [2.24, 2.45) is 5.73 Å². The summed E-state index contributed by atoms with van der Waals surface area (Å²) in [5.74, 6) is -0.527. The predicted octanol–water partition coefficient (Wildman–Crippen LogP) is 0.914. The zero-order valence-corrected chi connectivity index (χ0v) is 13.3. The van der Waals surface area contributed by atoms with Crippen molar-refractivity contribution in [1.29, 1.82) is 0 Å². The third-order valence-corrected chi connectivity index (χ3v) is 4.08. The highest BCUT2D eigenvalue weighted by molar-refractivity contribution is 7.89. The van der Waals surface area contributed by atoms with Crippen LogP contribution in [0.5, 0.6) is 0 Å². The van der Waals surface area contributed by atoms with Crippen LogP contribution in [-0.4, -0.2) is 37.8 Å². The summed E-state index contributed by atoms with van der Waals surface area (Å²) in [6.45, 7) is 0. The number of fused-ring (bicyclic) bond motifs is 1. The van der Waals surface area contributed by atoms with E-state index in [2.05, 4.69) is 4.74 Å². The zero-order valence-electron chi connectivity index (χ0n) is 11.6. The highest BCUT2D eigenvalue weighted by Gasteiger charge is 2.19. The van der Waals surface area contributed by atoms with Gasteiger partial charge in [0.25, 0.3) is 0 Å². The number of para-hydroxylation sites is 1. The largest absolute Gasteiger partial charge is 0.468 e. The van der Waals surface area contributed by atoms with Gasteiger partial charge in [-0.1, -0.05) is 18.2 Å². The van der Waals surface area contributed by atoms with E-state index in [1.54, 1.807) is 18.2 Å². The molecule has 0 saturated carbocycles. The lowest BCUT2D eigenvalue weighted by Gasteiger charge is -2.07. The van der Waals surface area contributed by atoms with Crippen molar-refractivity contribution in [3.8, 4) is 0 Å². The Balaban J connectivity index is 0.00000220. The smallest absolute Gasteiger partial charge is 0.322 e. The minimum atomic E-state index is -3.41. The summed E-state index contributed by atoms with van der Waals surface area (Å²) < 4.78 is 29.3. The van der Waals surface area contributed by atoms with Crippen LogP contribution in [0.15, 0.2) is 30.5 Å². The number of halogens is 1. The molecule has 1 unspecified atom stereocenters. The fourth-order valence-corrected chi connectivity index (χ4v) is 2.96. The highest BCUT2D eigenvalue weighted by atomic mass is 35.5. The van der Waals surface area contributed by atoms with Crippen molar-refractivity contribution in [3.05, 3.63) is 36.0 Å². The molecule has 0 spiro atoms. The molecule has 2 aromatic rings. The second kappa shape index (κ2) is 6.46. The number of nitrogens with two attached hydrogens (primary N) is 1. The Labute approximate surface area is 129 Å². The van der Waals surface area contributed by atoms with Gasteiger partial charge in [-0.2, -0.15) is 0 Å². The van der Waals surface area contributed by atoms with Gasteiger partial charge in [0.15, 0.2) is 0 Å². The molecule has 2 N–H and O–H groups in total. The standard InChI is InChI=1S/C13H16N2O4S.ClH/c1-19-13(16)11(14)7-9-8-15(20(2,17)18)12-6-4-3-5-10(9)12;/h3-6,8,11H,7,14H2,1-2H3;1H. The predicted molar refractivity (Wildman–Crippen MR) is 83.1 cm³/mol. The number of aromatic nitrogens is 1. The Bertz CT molecular complexity index is 755. The van der Waals surface area contributed by atoms with Crippen LogP contribution in [0.25, 0.3) is 10.9 Å². The van der Waals surface area contributed by atoms with E-state index in [1.807, 2.05) is 6.07 Å². The van der Waals surface area contributed by atoms with Gasteiger partial charge in [0.2, 0.25) is 10.0 Å². The van der Waals surface area contributed by atoms with E-state index in [1.165, 1.54) is 17.3 Å². The topological polar surface area (TPSA) is 91.4 Å². The molecule has 0 aliphatic carbocycles. The first-order valence-electron chi connectivity index (χ1n) is 5.97. The Morgan fingerprint density at radius 1 is 1.38 bits per heavy atom. The van der Waals surface area contributed by atoms with E-state index in [-0.39, 0.29) is 18.8 Å². The molecule has 0 fully saturated rings. The molecular weight excluding hydrogens is 316 g/mol. The van der Waals surface area contributed by atoms with Crippen molar-refractivity contribution in [2.75, 3.05) is 13.4 Å². The first kappa shape index (κ1) is 17.5. The lowest BCUT2D eigenvalue weighted by Crippen LogP contribution is -2.33. The first-order valence-corrected chi connectivity index (χ1v) is 7.82. The number of carbonyl (C=O) groups is 1. The zero-order chi connectivity index (χ0) is 14.9. The molecule has 21 heavy (non-hydrogen) atoms. The molecule has 0 aliphatic rings. The van der Waals surface area contributed by atoms with E-state index in [0.717, 1.165) is 11.6 Å². The number of hydrogen-bond donors (Lipinski definition) is 1. The summed E-state index contributed by atoms with van der Waals surface area (Å²) in [6, 6.07) is 6.26. The van der Waals surface area contributed by atoms with Gasteiger partial charge < -0.3 is 10.5 Å². The van der Waals surface area contributed by atoms with E-state index in [4.69, 9.17) is 5.73 Å². The second-order valence-electron chi connectivity index (χ2n) is 4.56. The molecular formula is C13H17ClN2O4S. The first-order chi connectivity index (χ1) is 9.34. The Kier molecular flexibility index (Phi) is 5.38. The number of nitrogens with zero attached hydrogens (tertiary/aromatic N) is 1. The summed E-state index contributed by atoms with van der Waals surface area (Å²) in [4.78, 5) is 11.4. The SMILES string of the molecule is COC(=O)C(N)Cc1cn(S(C)(=O)=O)c2ccccc12.Cl. The fourth-order valence-electron chi connectivity index (χ4n) is 2.13. The van der Waals surface area contributed by atoms with Crippen molar-refractivity contribution >= 4 is 39.3 Å². The summed E-state index contributed by atoms with van der Waals surface area (Å²) in [5, 5.41) is 0.761. The van der Waals surface area contributed by atoms with Gasteiger partial charge in [-0.15, -0.1) is 12.4 Å². The monoisotopic (exact) mass is 332 g/mol. The number of esters is 1. The number of hydrogen-bond acceptors (Lipinski definition) is 5. The maximum Gasteiger partial charge on any atom is 0.322 e. The molecule has 1 aromatic carbocycles. The van der Waals surface area contributed by atoms with E-state index in [9.17, 15) is 13.2 Å². The molecule has 116 valence electrons. The van der Waals surface area contributed by atoms with Crippen molar-refractivity contribution < 1.29 is 17.9 Å². The number of ether oxygens (including phenoxy) is 1. The molecule has 0 saturated heterocycles. The molecule has 1 aromatic heterocycles. The minimum Gasteiger partial charge on any atom is -0.468 e. The molecule has 6 nitrogen and oxygen atoms in total. The van der Waals surface area contributed by atoms with Crippen LogP contribution in [0.1, 0.15) is 5.56 Å². The van der Waals surface area contributed by atoms with E-state index >= 15 is 0 Å². The molecule has 0 amide bonds. The normalized spacial score (nSPS) is 12.7. The molecule has 0 radical (unpaired) electrons. The molecule has 2 rings (SSSR count). The number of carbonyl (C=O) groups excluding carboxylic acids is 1. The maximum absolute atomic E-state index is 11.8. The average Bonchev–Trinajstić information content (AvgIpc) is 2.77. The van der Waals surface area contributed by atoms with Gasteiger partial charge in [-0.05, 0) is 11.6 Å².